The first kappa shape index (κ1) is 7.74. The Morgan fingerprint density at radius 2 is 2.45 bits per heavy atom. The first-order valence-electron chi connectivity index (χ1n) is 3.16. The Hall–Kier alpha value is -1.36. The summed E-state index contributed by atoms with van der Waals surface area (Å²) in [6.45, 7) is 0.404. The van der Waals surface area contributed by atoms with E-state index < -0.39 is 5.56 Å². The van der Waals surface area contributed by atoms with Gasteiger partial charge in [-0.2, -0.15) is 4.98 Å². The molecule has 0 amide bonds. The third kappa shape index (κ3) is 1.78. The zero-order valence-electron chi connectivity index (χ0n) is 5.90. The molecule has 60 valence electrons. The van der Waals surface area contributed by atoms with Gasteiger partial charge in [-0.3, -0.25) is 4.79 Å². The lowest BCUT2D eigenvalue weighted by atomic mass is 10.5. The van der Waals surface area contributed by atoms with Gasteiger partial charge in [0.25, 0.3) is 5.56 Å². The molecule has 0 aliphatic heterocycles. The second-order valence-corrected chi connectivity index (χ2v) is 2.10. The normalized spacial score (nSPS) is 9.91. The van der Waals surface area contributed by atoms with E-state index in [4.69, 9.17) is 10.8 Å². The average Bonchev–Trinajstić information content (AvgIpc) is 1.98. The van der Waals surface area contributed by atoms with Crippen LogP contribution in [0.5, 0.6) is 0 Å². The van der Waals surface area contributed by atoms with Crippen molar-refractivity contribution in [2.75, 3.05) is 12.3 Å². The molecule has 5 heteroatoms. The van der Waals surface area contributed by atoms with Gasteiger partial charge in [0.05, 0.1) is 12.9 Å². The molecule has 1 rings (SSSR count). The number of aliphatic hydroxyl groups is 1. The van der Waals surface area contributed by atoms with Gasteiger partial charge in [-0.25, -0.2) is 0 Å². The standard InChI is InChI=1S/C6H9N3O2/c7-5-3-9(1-2-10)4-8-6(5)11/h3-4,10H,1-2,7H2. The lowest BCUT2D eigenvalue weighted by Gasteiger charge is -2.01. The molecule has 0 aliphatic rings. The van der Waals surface area contributed by atoms with Crippen molar-refractivity contribution in [2.45, 2.75) is 6.54 Å². The molecule has 0 saturated carbocycles. The minimum absolute atomic E-state index is 0.00396. The Labute approximate surface area is 63.1 Å². The fraction of sp³-hybridized carbons (Fsp3) is 0.333. The van der Waals surface area contributed by atoms with Gasteiger partial charge in [-0.15, -0.1) is 0 Å². The number of nitrogen functional groups attached to an aromatic ring is 1. The Bertz CT molecular complexity index is 294. The van der Waals surface area contributed by atoms with Crippen molar-refractivity contribution >= 4 is 5.69 Å². The van der Waals surface area contributed by atoms with Gasteiger partial charge in [0.1, 0.15) is 5.69 Å². The van der Waals surface area contributed by atoms with E-state index in [1.54, 1.807) is 4.57 Å². The Morgan fingerprint density at radius 3 is 3.00 bits per heavy atom. The van der Waals surface area contributed by atoms with Gasteiger partial charge in [0.15, 0.2) is 0 Å². The van der Waals surface area contributed by atoms with Gasteiger partial charge >= 0.3 is 0 Å². The van der Waals surface area contributed by atoms with E-state index in [0.29, 0.717) is 6.54 Å². The summed E-state index contributed by atoms with van der Waals surface area (Å²) in [5.41, 5.74) is 4.94. The molecular weight excluding hydrogens is 146 g/mol. The molecule has 0 bridgehead atoms. The fourth-order valence-electron chi connectivity index (χ4n) is 0.706. The summed E-state index contributed by atoms with van der Waals surface area (Å²) in [4.78, 5) is 14.1. The van der Waals surface area contributed by atoms with Crippen LogP contribution in [0.15, 0.2) is 17.3 Å². The fourth-order valence-corrected chi connectivity index (χ4v) is 0.706. The van der Waals surface area contributed by atoms with Crippen LogP contribution in [0.1, 0.15) is 0 Å². The van der Waals surface area contributed by atoms with Gasteiger partial charge < -0.3 is 15.4 Å². The van der Waals surface area contributed by atoms with Crippen molar-refractivity contribution in [3.8, 4) is 0 Å². The van der Waals surface area contributed by atoms with Gasteiger partial charge in [-0.1, -0.05) is 0 Å². The van der Waals surface area contributed by atoms with E-state index in [-0.39, 0.29) is 12.3 Å². The van der Waals surface area contributed by atoms with Crippen LogP contribution < -0.4 is 11.3 Å². The van der Waals surface area contributed by atoms with Gasteiger partial charge in [-0.05, 0) is 0 Å². The molecule has 11 heavy (non-hydrogen) atoms. The number of aliphatic hydroxyl groups excluding tert-OH is 1. The van der Waals surface area contributed by atoms with Crippen molar-refractivity contribution in [1.29, 1.82) is 0 Å². The summed E-state index contributed by atoms with van der Waals surface area (Å²) in [5, 5.41) is 8.51. The summed E-state index contributed by atoms with van der Waals surface area (Å²) in [5.74, 6) is 0. The minimum Gasteiger partial charge on any atom is -0.395 e. The zero-order chi connectivity index (χ0) is 8.27. The molecule has 0 radical (unpaired) electrons. The van der Waals surface area contributed by atoms with Crippen LogP contribution in [0.4, 0.5) is 5.69 Å². The van der Waals surface area contributed by atoms with Crippen molar-refractivity contribution in [3.05, 3.63) is 22.9 Å². The highest BCUT2D eigenvalue weighted by Gasteiger charge is 1.94. The van der Waals surface area contributed by atoms with E-state index >= 15 is 0 Å². The van der Waals surface area contributed by atoms with Crippen molar-refractivity contribution in [2.24, 2.45) is 0 Å². The van der Waals surface area contributed by atoms with Crippen molar-refractivity contribution in [1.82, 2.24) is 9.55 Å². The van der Waals surface area contributed by atoms with Gasteiger partial charge in [0.2, 0.25) is 0 Å². The highest BCUT2D eigenvalue weighted by molar-refractivity contribution is 5.29. The van der Waals surface area contributed by atoms with Crippen LogP contribution in [-0.2, 0) is 6.54 Å². The largest absolute Gasteiger partial charge is 0.395 e. The minimum atomic E-state index is -0.431. The maximum atomic E-state index is 10.7. The average molecular weight is 155 g/mol. The number of anilines is 1. The number of hydrogen-bond donors (Lipinski definition) is 2. The number of nitrogens with two attached hydrogens (primary N) is 1. The Morgan fingerprint density at radius 1 is 1.73 bits per heavy atom. The summed E-state index contributed by atoms with van der Waals surface area (Å²) >= 11 is 0. The molecule has 3 N–H and O–H groups in total. The molecule has 0 aliphatic carbocycles. The molecule has 0 fully saturated rings. The maximum absolute atomic E-state index is 10.7. The molecule has 5 nitrogen and oxygen atoms in total. The van der Waals surface area contributed by atoms with Crippen LogP contribution in [0.2, 0.25) is 0 Å². The van der Waals surface area contributed by atoms with Crippen LogP contribution in [0, 0.1) is 0 Å². The van der Waals surface area contributed by atoms with Crippen molar-refractivity contribution < 1.29 is 5.11 Å². The summed E-state index contributed by atoms with van der Waals surface area (Å²) < 4.78 is 1.55. The van der Waals surface area contributed by atoms with Crippen LogP contribution >= 0.6 is 0 Å². The first-order chi connectivity index (χ1) is 5.24. The monoisotopic (exact) mass is 155 g/mol. The molecule has 1 aromatic rings. The second-order valence-electron chi connectivity index (χ2n) is 2.10. The third-order valence-corrected chi connectivity index (χ3v) is 1.23. The molecule has 0 spiro atoms. The van der Waals surface area contributed by atoms with Crippen molar-refractivity contribution in [3.63, 3.8) is 0 Å². The third-order valence-electron chi connectivity index (χ3n) is 1.23. The summed E-state index contributed by atoms with van der Waals surface area (Å²) in [6.07, 6.45) is 2.79. The van der Waals surface area contributed by atoms with Gasteiger partial charge in [0, 0.05) is 12.7 Å². The predicted octanol–water partition coefficient (Wildman–Crippen LogP) is -1.18. The molecule has 1 heterocycles. The first-order valence-corrected chi connectivity index (χ1v) is 3.16. The van der Waals surface area contributed by atoms with E-state index in [9.17, 15) is 4.79 Å². The Kier molecular flexibility index (Phi) is 2.22. The molecule has 0 unspecified atom stereocenters. The number of aromatic nitrogens is 2. The number of rotatable bonds is 2. The SMILES string of the molecule is Nc1cn(CCO)cnc1=O. The lowest BCUT2D eigenvalue weighted by molar-refractivity contribution is 0.275. The van der Waals surface area contributed by atoms with Crippen LogP contribution in [-0.4, -0.2) is 21.3 Å². The molecule has 0 saturated heterocycles. The van der Waals surface area contributed by atoms with E-state index in [1.165, 1.54) is 12.5 Å². The van der Waals surface area contributed by atoms with E-state index in [2.05, 4.69) is 4.98 Å². The smallest absolute Gasteiger partial charge is 0.295 e. The van der Waals surface area contributed by atoms with E-state index in [1.807, 2.05) is 0 Å². The van der Waals surface area contributed by atoms with Crippen LogP contribution in [0.3, 0.4) is 0 Å². The maximum Gasteiger partial charge on any atom is 0.295 e. The zero-order valence-corrected chi connectivity index (χ0v) is 5.90. The number of nitrogens with zero attached hydrogens (tertiary/aromatic N) is 2. The topological polar surface area (TPSA) is 81.1 Å². The highest BCUT2D eigenvalue weighted by atomic mass is 16.3. The molecule has 0 atom stereocenters. The predicted molar refractivity (Wildman–Crippen MR) is 40.0 cm³/mol. The lowest BCUT2D eigenvalue weighted by Crippen LogP contribution is -2.16. The molecule has 0 aromatic carbocycles. The highest BCUT2D eigenvalue weighted by Crippen LogP contribution is 1.89. The van der Waals surface area contributed by atoms with E-state index in [0.717, 1.165) is 0 Å². The second kappa shape index (κ2) is 3.16. The molecule has 1 aromatic heterocycles. The number of hydrogen-bond acceptors (Lipinski definition) is 4. The van der Waals surface area contributed by atoms with Crippen LogP contribution in [0.25, 0.3) is 0 Å². The summed E-state index contributed by atoms with van der Waals surface area (Å²) in [7, 11) is 0. The Balaban J connectivity index is 2.96. The molecular formula is C6H9N3O2. The quantitative estimate of drug-likeness (QED) is 0.563. The summed E-state index contributed by atoms with van der Waals surface area (Å²) in [6, 6.07) is 0.